The van der Waals surface area contributed by atoms with Gasteiger partial charge in [-0.3, -0.25) is 0 Å². The van der Waals surface area contributed by atoms with E-state index in [4.69, 9.17) is 16.3 Å². The van der Waals surface area contributed by atoms with Crippen molar-refractivity contribution in [1.29, 1.82) is 0 Å². The Hall–Kier alpha value is -1.53. The summed E-state index contributed by atoms with van der Waals surface area (Å²) >= 11 is 5.81. The van der Waals surface area contributed by atoms with Gasteiger partial charge in [-0.1, -0.05) is 11.6 Å². The first kappa shape index (κ1) is 17.5. The van der Waals surface area contributed by atoms with Gasteiger partial charge in [0.25, 0.3) is 0 Å². The Morgan fingerprint density at radius 1 is 1.33 bits per heavy atom. The van der Waals surface area contributed by atoms with Crippen molar-refractivity contribution >= 4 is 17.6 Å². The van der Waals surface area contributed by atoms with E-state index < -0.39 is 5.82 Å². The fourth-order valence-corrected chi connectivity index (χ4v) is 1.80. The number of nitrogens with one attached hydrogen (secondary N) is 2. The van der Waals surface area contributed by atoms with Crippen LogP contribution < -0.4 is 15.4 Å². The van der Waals surface area contributed by atoms with Crippen molar-refractivity contribution in [3.05, 3.63) is 29.0 Å². The summed E-state index contributed by atoms with van der Waals surface area (Å²) in [5.74, 6) is -0.0196. The van der Waals surface area contributed by atoms with Crippen molar-refractivity contribution < 1.29 is 13.9 Å². The van der Waals surface area contributed by atoms with Crippen LogP contribution in [-0.2, 0) is 0 Å². The lowest BCUT2D eigenvalue weighted by Crippen LogP contribution is -2.38. The summed E-state index contributed by atoms with van der Waals surface area (Å²) in [6.45, 7) is 2.14. The maximum atomic E-state index is 12.8. The lowest BCUT2D eigenvalue weighted by molar-refractivity contribution is 0.236. The van der Waals surface area contributed by atoms with Crippen LogP contribution in [0.1, 0.15) is 6.42 Å². The van der Waals surface area contributed by atoms with E-state index in [9.17, 15) is 9.18 Å². The summed E-state index contributed by atoms with van der Waals surface area (Å²) in [6.07, 6.45) is 0.891. The number of ether oxygens (including phenoxy) is 1. The van der Waals surface area contributed by atoms with Gasteiger partial charge in [-0.2, -0.15) is 0 Å². The van der Waals surface area contributed by atoms with E-state index in [0.717, 1.165) is 13.0 Å². The van der Waals surface area contributed by atoms with Crippen LogP contribution in [0.15, 0.2) is 18.2 Å². The number of rotatable bonds is 8. The Labute approximate surface area is 129 Å². The minimum absolute atomic E-state index is 0.211. The number of carbonyl (C=O) groups is 1. The van der Waals surface area contributed by atoms with Gasteiger partial charge in [-0.15, -0.1) is 0 Å². The summed E-state index contributed by atoms with van der Waals surface area (Å²) in [6, 6.07) is 3.68. The molecule has 7 heteroatoms. The number of hydrogen-bond donors (Lipinski definition) is 2. The Kier molecular flexibility index (Phi) is 7.85. The van der Waals surface area contributed by atoms with E-state index >= 15 is 0 Å². The van der Waals surface area contributed by atoms with Gasteiger partial charge >= 0.3 is 6.03 Å². The van der Waals surface area contributed by atoms with Crippen molar-refractivity contribution in [1.82, 2.24) is 15.5 Å². The van der Waals surface area contributed by atoms with E-state index in [1.165, 1.54) is 18.2 Å². The Bertz CT molecular complexity index is 458. The third-order valence-electron chi connectivity index (χ3n) is 2.61. The largest absolute Gasteiger partial charge is 0.490 e. The summed E-state index contributed by atoms with van der Waals surface area (Å²) < 4.78 is 18.2. The number of benzene rings is 1. The molecule has 0 radical (unpaired) electrons. The normalized spacial score (nSPS) is 10.5. The molecule has 0 atom stereocenters. The van der Waals surface area contributed by atoms with Crippen molar-refractivity contribution in [3.8, 4) is 5.75 Å². The molecule has 0 heterocycles. The summed E-state index contributed by atoms with van der Waals surface area (Å²) in [5.41, 5.74) is 0. The van der Waals surface area contributed by atoms with Crippen LogP contribution in [0.5, 0.6) is 5.75 Å². The minimum atomic E-state index is -0.414. The lowest BCUT2D eigenvalue weighted by Gasteiger charge is -2.11. The predicted molar refractivity (Wildman–Crippen MR) is 81.5 cm³/mol. The number of hydrogen-bond acceptors (Lipinski definition) is 3. The highest BCUT2D eigenvalue weighted by molar-refractivity contribution is 6.32. The highest BCUT2D eigenvalue weighted by atomic mass is 35.5. The maximum absolute atomic E-state index is 12.8. The number of halogens is 2. The second-order valence-electron chi connectivity index (χ2n) is 4.76. The molecule has 5 nitrogen and oxygen atoms in total. The van der Waals surface area contributed by atoms with Crippen LogP contribution in [0, 0.1) is 5.82 Å². The van der Waals surface area contributed by atoms with Crippen molar-refractivity contribution in [2.45, 2.75) is 6.42 Å². The van der Waals surface area contributed by atoms with Gasteiger partial charge in [0, 0.05) is 6.54 Å². The monoisotopic (exact) mass is 317 g/mol. The van der Waals surface area contributed by atoms with Gasteiger partial charge < -0.3 is 20.3 Å². The van der Waals surface area contributed by atoms with Crippen LogP contribution in [-0.4, -0.2) is 51.3 Å². The van der Waals surface area contributed by atoms with Crippen LogP contribution in [0.25, 0.3) is 0 Å². The molecule has 0 spiro atoms. The van der Waals surface area contributed by atoms with Gasteiger partial charge in [0.2, 0.25) is 0 Å². The first-order valence-electron chi connectivity index (χ1n) is 6.73. The summed E-state index contributed by atoms with van der Waals surface area (Å²) in [5, 5.41) is 5.62. The fourth-order valence-electron chi connectivity index (χ4n) is 1.58. The average molecular weight is 318 g/mol. The molecule has 0 unspecified atom stereocenters. The van der Waals surface area contributed by atoms with Crippen LogP contribution >= 0.6 is 11.6 Å². The molecular weight excluding hydrogens is 297 g/mol. The van der Waals surface area contributed by atoms with Crippen molar-refractivity contribution in [3.63, 3.8) is 0 Å². The molecule has 2 amide bonds. The van der Waals surface area contributed by atoms with E-state index in [1.807, 2.05) is 14.1 Å². The molecule has 0 aliphatic rings. The second kappa shape index (κ2) is 9.41. The highest BCUT2D eigenvalue weighted by Gasteiger charge is 2.03. The van der Waals surface area contributed by atoms with E-state index in [2.05, 4.69) is 15.5 Å². The zero-order valence-corrected chi connectivity index (χ0v) is 13.0. The number of carbonyl (C=O) groups excluding carboxylic acids is 1. The van der Waals surface area contributed by atoms with E-state index in [1.54, 1.807) is 0 Å². The quantitative estimate of drug-likeness (QED) is 0.722. The van der Waals surface area contributed by atoms with Gasteiger partial charge in [-0.05, 0) is 45.3 Å². The number of urea groups is 1. The third-order valence-corrected chi connectivity index (χ3v) is 2.90. The van der Waals surface area contributed by atoms with Crippen LogP contribution in [0.2, 0.25) is 5.02 Å². The first-order valence-corrected chi connectivity index (χ1v) is 7.11. The standard InChI is InChI=1S/C14H21ClFN3O2/c1-19(2)8-3-6-17-14(20)18-7-9-21-13-5-4-11(16)10-12(13)15/h4-5,10H,3,6-9H2,1-2H3,(H2,17,18,20). The smallest absolute Gasteiger partial charge is 0.314 e. The third kappa shape index (κ3) is 7.72. The molecule has 0 saturated heterocycles. The van der Waals surface area contributed by atoms with Gasteiger partial charge in [0.1, 0.15) is 18.2 Å². The SMILES string of the molecule is CN(C)CCCNC(=O)NCCOc1ccc(F)cc1Cl. The van der Waals surface area contributed by atoms with Gasteiger partial charge in [0.05, 0.1) is 11.6 Å². The molecule has 21 heavy (non-hydrogen) atoms. The molecule has 0 fully saturated rings. The van der Waals surface area contributed by atoms with Gasteiger partial charge in [0.15, 0.2) is 0 Å². The first-order chi connectivity index (χ1) is 9.99. The Balaban J connectivity index is 2.12. The molecule has 0 aliphatic heterocycles. The number of nitrogens with zero attached hydrogens (tertiary/aromatic N) is 1. The maximum Gasteiger partial charge on any atom is 0.314 e. The minimum Gasteiger partial charge on any atom is -0.490 e. The van der Waals surface area contributed by atoms with Crippen LogP contribution in [0.4, 0.5) is 9.18 Å². The number of amides is 2. The highest BCUT2D eigenvalue weighted by Crippen LogP contribution is 2.24. The molecule has 1 aromatic carbocycles. The molecule has 118 valence electrons. The van der Waals surface area contributed by atoms with Crippen molar-refractivity contribution in [2.75, 3.05) is 40.3 Å². The van der Waals surface area contributed by atoms with Crippen LogP contribution in [0.3, 0.4) is 0 Å². The fraction of sp³-hybridized carbons (Fsp3) is 0.500. The molecule has 1 aromatic rings. The predicted octanol–water partition coefficient (Wildman–Crippen LogP) is 2.11. The van der Waals surface area contributed by atoms with Crippen molar-refractivity contribution in [2.24, 2.45) is 0 Å². The molecular formula is C14H21ClFN3O2. The zero-order chi connectivity index (χ0) is 15.7. The lowest BCUT2D eigenvalue weighted by atomic mass is 10.3. The summed E-state index contributed by atoms with van der Waals surface area (Å²) in [7, 11) is 3.97. The Morgan fingerprint density at radius 2 is 2.05 bits per heavy atom. The molecule has 0 aliphatic carbocycles. The molecule has 0 saturated carbocycles. The Morgan fingerprint density at radius 3 is 2.71 bits per heavy atom. The topological polar surface area (TPSA) is 53.6 Å². The zero-order valence-electron chi connectivity index (χ0n) is 12.3. The average Bonchev–Trinajstić information content (AvgIpc) is 2.41. The second-order valence-corrected chi connectivity index (χ2v) is 5.17. The molecule has 2 N–H and O–H groups in total. The summed E-state index contributed by atoms with van der Waals surface area (Å²) in [4.78, 5) is 13.5. The molecule has 1 rings (SSSR count). The van der Waals surface area contributed by atoms with Gasteiger partial charge in [-0.25, -0.2) is 9.18 Å². The molecule has 0 aromatic heterocycles. The molecule has 0 bridgehead atoms. The van der Waals surface area contributed by atoms with E-state index in [0.29, 0.717) is 18.8 Å². The van der Waals surface area contributed by atoms with E-state index in [-0.39, 0.29) is 17.7 Å².